The minimum absolute atomic E-state index is 0.184. The lowest BCUT2D eigenvalue weighted by molar-refractivity contribution is -0.384. The van der Waals surface area contributed by atoms with Crippen LogP contribution in [0.25, 0.3) is 0 Å². The molecule has 0 radical (unpaired) electrons. The van der Waals surface area contributed by atoms with Crippen LogP contribution in [0.1, 0.15) is 20.8 Å². The summed E-state index contributed by atoms with van der Waals surface area (Å²) in [4.78, 5) is 26.3. The Morgan fingerprint density at radius 2 is 2.14 bits per heavy atom. The van der Waals surface area contributed by atoms with Gasteiger partial charge in [-0.25, -0.2) is 9.78 Å². The van der Waals surface area contributed by atoms with Gasteiger partial charge in [0, 0.05) is 24.7 Å². The van der Waals surface area contributed by atoms with Gasteiger partial charge >= 0.3 is 11.8 Å². The van der Waals surface area contributed by atoms with Crippen molar-refractivity contribution in [3.05, 3.63) is 22.2 Å². The number of anilines is 2. The number of nitrogens with two attached hydrogens (primary N) is 1. The third-order valence-electron chi connectivity index (χ3n) is 2.78. The number of hydrogen-bond donors (Lipinski definition) is 3. The topological polar surface area (TPSA) is 135 Å². The number of nitrogen functional groups attached to an aromatic ring is 1. The second-order valence-electron chi connectivity index (χ2n) is 5.39. The van der Waals surface area contributed by atoms with E-state index < -0.39 is 16.6 Å². The summed E-state index contributed by atoms with van der Waals surface area (Å²) >= 11 is 0. The lowest BCUT2D eigenvalue weighted by Crippen LogP contribution is -2.47. The highest BCUT2D eigenvalue weighted by molar-refractivity contribution is 5.66. The van der Waals surface area contributed by atoms with Gasteiger partial charge in [-0.3, -0.25) is 10.1 Å². The molecular weight excluding hydrogens is 278 g/mol. The maximum atomic E-state index is 11.1. The number of hydrogen-bond acceptors (Lipinski definition) is 6. The van der Waals surface area contributed by atoms with Crippen LogP contribution in [-0.2, 0) is 0 Å². The monoisotopic (exact) mass is 297 g/mol. The fourth-order valence-corrected chi connectivity index (χ4v) is 1.73. The zero-order valence-corrected chi connectivity index (χ0v) is 12.2. The maximum absolute atomic E-state index is 11.1. The molecule has 0 aliphatic heterocycles. The molecule has 0 atom stereocenters. The third-order valence-corrected chi connectivity index (χ3v) is 2.78. The summed E-state index contributed by atoms with van der Waals surface area (Å²) in [7, 11) is 0. The van der Waals surface area contributed by atoms with Gasteiger partial charge in [-0.1, -0.05) is 0 Å². The van der Waals surface area contributed by atoms with E-state index in [2.05, 4.69) is 10.3 Å². The van der Waals surface area contributed by atoms with E-state index >= 15 is 0 Å². The number of nitro groups is 1. The standard InChI is InChI=1S/C12H19N5O4/c1-12(2,3)16(11(18)19)7-6-14-9-5-4-8(17(20)21)10(13)15-9/h4-5H,6-7H2,1-3H3,(H,18,19)(H3,13,14,15). The highest BCUT2D eigenvalue weighted by Gasteiger charge is 2.25. The highest BCUT2D eigenvalue weighted by Crippen LogP contribution is 2.20. The molecular formula is C12H19N5O4. The molecule has 0 aliphatic carbocycles. The Kier molecular flexibility index (Phi) is 4.90. The lowest BCUT2D eigenvalue weighted by Gasteiger charge is -2.33. The Labute approximate surface area is 121 Å². The average Bonchev–Trinajstić information content (AvgIpc) is 2.32. The normalized spacial score (nSPS) is 11.0. The van der Waals surface area contributed by atoms with E-state index in [4.69, 9.17) is 10.8 Å². The van der Waals surface area contributed by atoms with Gasteiger partial charge in [0.25, 0.3) is 0 Å². The van der Waals surface area contributed by atoms with Crippen molar-refractivity contribution in [2.75, 3.05) is 24.1 Å². The van der Waals surface area contributed by atoms with Crippen LogP contribution in [-0.4, -0.2) is 44.6 Å². The molecule has 1 heterocycles. The predicted molar refractivity (Wildman–Crippen MR) is 78.3 cm³/mol. The number of rotatable bonds is 5. The first-order valence-corrected chi connectivity index (χ1v) is 6.28. The van der Waals surface area contributed by atoms with Crippen LogP contribution in [0.3, 0.4) is 0 Å². The van der Waals surface area contributed by atoms with Crippen molar-refractivity contribution in [2.45, 2.75) is 26.3 Å². The van der Waals surface area contributed by atoms with Gasteiger partial charge in [0.15, 0.2) is 0 Å². The average molecular weight is 297 g/mol. The van der Waals surface area contributed by atoms with E-state index in [1.54, 1.807) is 20.8 Å². The van der Waals surface area contributed by atoms with Gasteiger partial charge in [-0.05, 0) is 26.8 Å². The summed E-state index contributed by atoms with van der Waals surface area (Å²) in [6.45, 7) is 5.95. The molecule has 4 N–H and O–H groups in total. The van der Waals surface area contributed by atoms with Crippen LogP contribution in [0, 0.1) is 10.1 Å². The Morgan fingerprint density at radius 3 is 2.57 bits per heavy atom. The van der Waals surface area contributed by atoms with Gasteiger partial charge in [-0.15, -0.1) is 0 Å². The van der Waals surface area contributed by atoms with Gasteiger partial charge in [0.05, 0.1) is 4.92 Å². The van der Waals surface area contributed by atoms with Crippen LogP contribution in [0.2, 0.25) is 0 Å². The molecule has 9 heteroatoms. The van der Waals surface area contributed by atoms with Crippen molar-refractivity contribution in [3.8, 4) is 0 Å². The van der Waals surface area contributed by atoms with Crippen molar-refractivity contribution >= 4 is 23.4 Å². The Balaban J connectivity index is 2.66. The molecule has 1 amide bonds. The number of carboxylic acid groups (broad SMARTS) is 1. The zero-order chi connectivity index (χ0) is 16.2. The fraction of sp³-hybridized carbons (Fsp3) is 0.500. The van der Waals surface area contributed by atoms with E-state index in [0.29, 0.717) is 12.4 Å². The second kappa shape index (κ2) is 6.25. The van der Waals surface area contributed by atoms with Crippen LogP contribution < -0.4 is 11.1 Å². The fourth-order valence-electron chi connectivity index (χ4n) is 1.73. The zero-order valence-electron chi connectivity index (χ0n) is 12.2. The third kappa shape index (κ3) is 4.48. The molecule has 0 unspecified atom stereocenters. The van der Waals surface area contributed by atoms with Crippen LogP contribution >= 0.6 is 0 Å². The van der Waals surface area contributed by atoms with E-state index in [0.717, 1.165) is 0 Å². The summed E-state index contributed by atoms with van der Waals surface area (Å²) in [5.41, 5.74) is 4.69. The largest absolute Gasteiger partial charge is 0.465 e. The van der Waals surface area contributed by atoms with Crippen molar-refractivity contribution < 1.29 is 14.8 Å². The highest BCUT2D eigenvalue weighted by atomic mass is 16.6. The molecule has 0 spiro atoms. The number of nitrogens with zero attached hydrogens (tertiary/aromatic N) is 3. The molecule has 1 aromatic heterocycles. The quantitative estimate of drug-likeness (QED) is 0.556. The van der Waals surface area contributed by atoms with Gasteiger partial charge in [0.1, 0.15) is 5.82 Å². The van der Waals surface area contributed by atoms with Crippen LogP contribution in [0.15, 0.2) is 12.1 Å². The summed E-state index contributed by atoms with van der Waals surface area (Å²) in [6, 6.07) is 2.68. The molecule has 0 saturated carbocycles. The minimum atomic E-state index is -1.01. The molecule has 1 aromatic rings. The molecule has 21 heavy (non-hydrogen) atoms. The van der Waals surface area contributed by atoms with E-state index in [1.807, 2.05) is 0 Å². The SMILES string of the molecule is CC(C)(C)N(CCNc1ccc([N+](=O)[O-])c(N)n1)C(=O)O. The predicted octanol–water partition coefficient (Wildman–Crippen LogP) is 1.76. The van der Waals surface area contributed by atoms with E-state index in [1.165, 1.54) is 17.0 Å². The van der Waals surface area contributed by atoms with Crippen molar-refractivity contribution in [2.24, 2.45) is 0 Å². The molecule has 0 fully saturated rings. The number of aromatic nitrogens is 1. The maximum Gasteiger partial charge on any atom is 0.407 e. The van der Waals surface area contributed by atoms with E-state index in [-0.39, 0.29) is 18.1 Å². The summed E-state index contributed by atoms with van der Waals surface area (Å²) in [5, 5.41) is 22.6. The van der Waals surface area contributed by atoms with Gasteiger partial charge in [-0.2, -0.15) is 0 Å². The Bertz CT molecular complexity index is 541. The van der Waals surface area contributed by atoms with Crippen molar-refractivity contribution in [1.29, 1.82) is 0 Å². The van der Waals surface area contributed by atoms with E-state index in [9.17, 15) is 14.9 Å². The van der Waals surface area contributed by atoms with Crippen molar-refractivity contribution in [3.63, 3.8) is 0 Å². The first-order chi connectivity index (χ1) is 9.62. The molecule has 0 aromatic carbocycles. The minimum Gasteiger partial charge on any atom is -0.465 e. The Morgan fingerprint density at radius 1 is 1.52 bits per heavy atom. The molecule has 0 bridgehead atoms. The number of nitrogens with one attached hydrogen (secondary N) is 1. The molecule has 9 nitrogen and oxygen atoms in total. The van der Waals surface area contributed by atoms with Gasteiger partial charge in [0.2, 0.25) is 5.82 Å². The van der Waals surface area contributed by atoms with Crippen LogP contribution in [0.4, 0.5) is 22.1 Å². The first-order valence-electron chi connectivity index (χ1n) is 6.28. The van der Waals surface area contributed by atoms with Crippen molar-refractivity contribution in [1.82, 2.24) is 9.88 Å². The second-order valence-corrected chi connectivity index (χ2v) is 5.39. The number of carbonyl (C=O) groups is 1. The molecule has 0 saturated heterocycles. The van der Waals surface area contributed by atoms with Crippen LogP contribution in [0.5, 0.6) is 0 Å². The molecule has 116 valence electrons. The Hall–Kier alpha value is -2.58. The first kappa shape index (κ1) is 16.5. The smallest absolute Gasteiger partial charge is 0.407 e. The molecule has 1 rings (SSSR count). The lowest BCUT2D eigenvalue weighted by atomic mass is 10.1. The summed E-state index contributed by atoms with van der Waals surface area (Å²) in [6.07, 6.45) is -1.01. The molecule has 0 aliphatic rings. The number of pyridine rings is 1. The number of amides is 1. The van der Waals surface area contributed by atoms with Gasteiger partial charge < -0.3 is 21.1 Å². The summed E-state index contributed by atoms with van der Waals surface area (Å²) < 4.78 is 0. The summed E-state index contributed by atoms with van der Waals surface area (Å²) in [5.74, 6) is 0.174.